The van der Waals surface area contributed by atoms with Gasteiger partial charge in [-0.15, -0.1) is 0 Å². The maximum absolute atomic E-state index is 12.1. The van der Waals surface area contributed by atoms with E-state index in [0.29, 0.717) is 12.2 Å². The molecule has 0 aliphatic carbocycles. The van der Waals surface area contributed by atoms with E-state index in [-0.39, 0.29) is 11.3 Å². The molecule has 1 rings (SSSR count). The van der Waals surface area contributed by atoms with Crippen LogP contribution in [0, 0.1) is 12.3 Å². The fraction of sp³-hybridized carbons (Fsp3) is 0.692. The molecule has 0 aromatic carbocycles. The Bertz CT molecular complexity index is 434. The quantitative estimate of drug-likeness (QED) is 0.564. The smallest absolute Gasteiger partial charge is 0.273 e. The van der Waals surface area contributed by atoms with Gasteiger partial charge in [-0.2, -0.15) is 0 Å². The fourth-order valence-electron chi connectivity index (χ4n) is 1.82. The van der Waals surface area contributed by atoms with Gasteiger partial charge in [0.2, 0.25) is 0 Å². The minimum Gasteiger partial charge on any atom is -0.359 e. The second kappa shape index (κ2) is 7.23. The van der Waals surface area contributed by atoms with Gasteiger partial charge in [-0.05, 0) is 25.8 Å². The highest BCUT2D eigenvalue weighted by atomic mass is 127. The molecule has 5 nitrogen and oxygen atoms in total. The summed E-state index contributed by atoms with van der Waals surface area (Å²) in [5.74, 6) is 0.604. The number of amides is 1. The van der Waals surface area contributed by atoms with E-state index in [2.05, 4.69) is 52.2 Å². The molecule has 1 aromatic heterocycles. The lowest BCUT2D eigenvalue weighted by atomic mass is 9.87. The zero-order valence-electron chi connectivity index (χ0n) is 12.0. The monoisotopic (exact) mass is 379 g/mol. The first-order valence-corrected chi connectivity index (χ1v) is 7.94. The lowest BCUT2D eigenvalue weighted by molar-refractivity contribution is 0.0922. The molecular weight excluding hydrogens is 357 g/mol. The highest BCUT2D eigenvalue weighted by Gasteiger charge is 2.24. The van der Waals surface area contributed by atoms with Crippen molar-refractivity contribution in [3.8, 4) is 0 Å². The van der Waals surface area contributed by atoms with Crippen LogP contribution in [0.15, 0.2) is 4.52 Å². The summed E-state index contributed by atoms with van der Waals surface area (Å²) in [4.78, 5) is 12.1. The highest BCUT2D eigenvalue weighted by Crippen LogP contribution is 2.19. The first-order valence-electron chi connectivity index (χ1n) is 6.41. The zero-order chi connectivity index (χ0) is 14.5. The summed E-state index contributed by atoms with van der Waals surface area (Å²) in [5, 5.41) is 9.96. The van der Waals surface area contributed by atoms with Gasteiger partial charge in [0.05, 0.1) is 4.43 Å². The Labute approximate surface area is 128 Å². The number of alkyl halides is 1. The molecule has 0 radical (unpaired) electrons. The molecule has 0 spiro atoms. The topological polar surface area (TPSA) is 67.2 Å². The summed E-state index contributed by atoms with van der Waals surface area (Å²) in [6.07, 6.45) is 0.991. The van der Waals surface area contributed by atoms with E-state index in [0.717, 1.165) is 28.7 Å². The Kier molecular flexibility index (Phi) is 6.25. The molecule has 1 aromatic rings. The molecule has 1 unspecified atom stereocenters. The van der Waals surface area contributed by atoms with Crippen molar-refractivity contribution < 1.29 is 9.32 Å². The third-order valence-electron chi connectivity index (χ3n) is 3.49. The van der Waals surface area contributed by atoms with Gasteiger partial charge in [0.1, 0.15) is 5.76 Å². The number of aromatic nitrogens is 1. The molecular formula is C13H22IN3O2. The van der Waals surface area contributed by atoms with Crippen LogP contribution in [0.2, 0.25) is 0 Å². The number of carbonyl (C=O) groups is 1. The van der Waals surface area contributed by atoms with E-state index in [9.17, 15) is 4.79 Å². The van der Waals surface area contributed by atoms with Crippen molar-refractivity contribution in [2.24, 2.45) is 5.41 Å². The van der Waals surface area contributed by atoms with Crippen LogP contribution in [0.5, 0.6) is 0 Å². The molecule has 0 aliphatic rings. The predicted molar refractivity (Wildman–Crippen MR) is 83.6 cm³/mol. The third kappa shape index (κ3) is 4.17. The minimum atomic E-state index is -0.159. The molecule has 0 fully saturated rings. The molecule has 2 N–H and O–H groups in total. The normalized spacial score (nSPS) is 14.2. The third-order valence-corrected chi connectivity index (χ3v) is 4.18. The van der Waals surface area contributed by atoms with Crippen molar-refractivity contribution in [1.29, 1.82) is 0 Å². The van der Waals surface area contributed by atoms with Gasteiger partial charge >= 0.3 is 0 Å². The highest BCUT2D eigenvalue weighted by molar-refractivity contribution is 14.1. The van der Waals surface area contributed by atoms with Crippen molar-refractivity contribution in [1.82, 2.24) is 15.8 Å². The van der Waals surface area contributed by atoms with Gasteiger partial charge in [-0.25, -0.2) is 0 Å². The van der Waals surface area contributed by atoms with Gasteiger partial charge in [-0.1, -0.05) is 41.6 Å². The number of rotatable bonds is 7. The van der Waals surface area contributed by atoms with Crippen molar-refractivity contribution in [3.63, 3.8) is 0 Å². The predicted octanol–water partition coefficient (Wildman–Crippen LogP) is 2.28. The Balaban J connectivity index is 2.67. The second-order valence-electron chi connectivity index (χ2n) is 5.09. The number of hydrogen-bond acceptors (Lipinski definition) is 4. The van der Waals surface area contributed by atoms with Crippen LogP contribution in [-0.4, -0.2) is 31.2 Å². The molecule has 1 atom stereocenters. The molecule has 6 heteroatoms. The van der Waals surface area contributed by atoms with Gasteiger partial charge in [0, 0.05) is 18.7 Å². The summed E-state index contributed by atoms with van der Waals surface area (Å²) in [5.41, 5.74) is 1.28. The Morgan fingerprint density at radius 2 is 2.16 bits per heavy atom. The summed E-state index contributed by atoms with van der Waals surface area (Å²) >= 11 is 2.19. The first-order chi connectivity index (χ1) is 8.97. The van der Waals surface area contributed by atoms with Crippen LogP contribution in [0.4, 0.5) is 0 Å². The average Bonchev–Trinajstić information content (AvgIpc) is 2.77. The number of hydrogen-bond donors (Lipinski definition) is 2. The Morgan fingerprint density at radius 1 is 1.47 bits per heavy atom. The SMILES string of the molecule is CCC(C)(CNC)CNC(=O)c1noc(CI)c1C. The van der Waals surface area contributed by atoms with Gasteiger partial charge in [0.25, 0.3) is 5.91 Å². The van der Waals surface area contributed by atoms with Crippen LogP contribution >= 0.6 is 22.6 Å². The number of halogens is 1. The molecule has 0 aliphatic heterocycles. The summed E-state index contributed by atoms with van der Waals surface area (Å²) in [6.45, 7) is 7.62. The van der Waals surface area contributed by atoms with Gasteiger partial charge < -0.3 is 15.2 Å². The summed E-state index contributed by atoms with van der Waals surface area (Å²) < 4.78 is 5.86. The lowest BCUT2D eigenvalue weighted by Gasteiger charge is -2.28. The average molecular weight is 379 g/mol. The standard InChI is InChI=1S/C13H22IN3O2/c1-5-13(3,7-15-4)8-16-12(18)11-9(2)10(6-14)19-17-11/h15H,5-8H2,1-4H3,(H,16,18). The maximum Gasteiger partial charge on any atom is 0.273 e. The maximum atomic E-state index is 12.1. The van der Waals surface area contributed by atoms with Crippen molar-refractivity contribution in [3.05, 3.63) is 17.0 Å². The van der Waals surface area contributed by atoms with Crippen molar-refractivity contribution >= 4 is 28.5 Å². The van der Waals surface area contributed by atoms with Gasteiger partial charge in [0.15, 0.2) is 5.69 Å². The largest absolute Gasteiger partial charge is 0.359 e. The second-order valence-corrected chi connectivity index (χ2v) is 5.85. The molecule has 0 saturated carbocycles. The molecule has 108 valence electrons. The van der Waals surface area contributed by atoms with Crippen LogP contribution in [0.25, 0.3) is 0 Å². The number of nitrogens with one attached hydrogen (secondary N) is 2. The Hall–Kier alpha value is -0.630. The zero-order valence-corrected chi connectivity index (χ0v) is 14.1. The Morgan fingerprint density at radius 3 is 2.63 bits per heavy atom. The summed E-state index contributed by atoms with van der Waals surface area (Å²) in [6, 6.07) is 0. The number of carbonyl (C=O) groups excluding carboxylic acids is 1. The van der Waals surface area contributed by atoms with Crippen LogP contribution in [0.3, 0.4) is 0 Å². The van der Waals surface area contributed by atoms with E-state index in [1.165, 1.54) is 0 Å². The van der Waals surface area contributed by atoms with E-state index < -0.39 is 0 Å². The van der Waals surface area contributed by atoms with Gasteiger partial charge in [-0.3, -0.25) is 4.79 Å². The van der Waals surface area contributed by atoms with Crippen molar-refractivity contribution in [2.75, 3.05) is 20.1 Å². The van der Waals surface area contributed by atoms with E-state index in [4.69, 9.17) is 4.52 Å². The molecule has 0 saturated heterocycles. The first kappa shape index (κ1) is 16.4. The van der Waals surface area contributed by atoms with Crippen molar-refractivity contribution in [2.45, 2.75) is 31.6 Å². The lowest BCUT2D eigenvalue weighted by Crippen LogP contribution is -2.41. The van der Waals surface area contributed by atoms with Crippen LogP contribution in [-0.2, 0) is 4.43 Å². The summed E-state index contributed by atoms with van der Waals surface area (Å²) in [7, 11) is 1.92. The minimum absolute atomic E-state index is 0.0497. The van der Waals surface area contributed by atoms with E-state index in [1.807, 2.05) is 14.0 Å². The number of nitrogens with zero attached hydrogens (tertiary/aromatic N) is 1. The van der Waals surface area contributed by atoms with E-state index in [1.54, 1.807) is 0 Å². The fourth-order valence-corrected chi connectivity index (χ4v) is 2.53. The molecule has 1 amide bonds. The van der Waals surface area contributed by atoms with Crippen LogP contribution in [0.1, 0.15) is 42.1 Å². The van der Waals surface area contributed by atoms with Crippen LogP contribution < -0.4 is 10.6 Å². The molecule has 1 heterocycles. The molecule has 19 heavy (non-hydrogen) atoms. The van der Waals surface area contributed by atoms with E-state index >= 15 is 0 Å². The molecule has 0 bridgehead atoms.